The fourth-order valence-corrected chi connectivity index (χ4v) is 1.88. The van der Waals surface area contributed by atoms with Crippen LogP contribution in [0.1, 0.15) is 26.2 Å². The lowest BCUT2D eigenvalue weighted by Gasteiger charge is -2.21. The van der Waals surface area contributed by atoms with E-state index in [0.29, 0.717) is 12.2 Å². The fraction of sp³-hybridized carbons (Fsp3) is 0.500. The Hall–Kier alpha value is -1.55. The highest BCUT2D eigenvalue weighted by Gasteiger charge is 2.17. The van der Waals surface area contributed by atoms with Crippen LogP contribution in [-0.4, -0.2) is 26.1 Å². The van der Waals surface area contributed by atoms with Crippen LogP contribution in [0.25, 0.3) is 0 Å². The quantitative estimate of drug-likeness (QED) is 0.842. The summed E-state index contributed by atoms with van der Waals surface area (Å²) in [6, 6.07) is 7.39. The summed E-state index contributed by atoms with van der Waals surface area (Å²) in [5.74, 6) is 0.706. The van der Waals surface area contributed by atoms with Crippen molar-refractivity contribution in [1.82, 2.24) is 0 Å². The van der Waals surface area contributed by atoms with Gasteiger partial charge in [-0.15, -0.1) is 0 Å². The SMILES string of the molecule is CCCC(N)CC(=O)N(C)c1ccccc1OC. The lowest BCUT2D eigenvalue weighted by molar-refractivity contribution is -0.118. The summed E-state index contributed by atoms with van der Waals surface area (Å²) >= 11 is 0. The Bertz CT molecular complexity index is 393. The highest BCUT2D eigenvalue weighted by atomic mass is 16.5. The number of nitrogens with two attached hydrogens (primary N) is 1. The van der Waals surface area contributed by atoms with Crippen LogP contribution in [0.2, 0.25) is 0 Å². The van der Waals surface area contributed by atoms with E-state index in [-0.39, 0.29) is 11.9 Å². The molecule has 0 spiro atoms. The van der Waals surface area contributed by atoms with E-state index in [2.05, 4.69) is 6.92 Å². The van der Waals surface area contributed by atoms with Gasteiger partial charge in [-0.3, -0.25) is 4.79 Å². The van der Waals surface area contributed by atoms with Gasteiger partial charge in [0.05, 0.1) is 12.8 Å². The predicted octanol–water partition coefficient (Wildman–Crippen LogP) is 2.18. The van der Waals surface area contributed by atoms with Crippen molar-refractivity contribution in [3.63, 3.8) is 0 Å². The molecule has 0 bridgehead atoms. The van der Waals surface area contributed by atoms with Gasteiger partial charge >= 0.3 is 0 Å². The van der Waals surface area contributed by atoms with Crippen LogP contribution in [0.5, 0.6) is 5.75 Å². The van der Waals surface area contributed by atoms with Crippen molar-refractivity contribution in [3.8, 4) is 5.75 Å². The number of ether oxygens (including phenoxy) is 1. The molecule has 2 N–H and O–H groups in total. The van der Waals surface area contributed by atoms with E-state index in [1.54, 1.807) is 19.1 Å². The predicted molar refractivity (Wildman–Crippen MR) is 73.9 cm³/mol. The first-order valence-electron chi connectivity index (χ1n) is 6.25. The second kappa shape index (κ2) is 7.01. The molecule has 1 aromatic carbocycles. The summed E-state index contributed by atoms with van der Waals surface area (Å²) in [4.78, 5) is 13.7. The first-order valence-corrected chi connectivity index (χ1v) is 6.25. The molecule has 4 nitrogen and oxygen atoms in total. The highest BCUT2D eigenvalue weighted by Crippen LogP contribution is 2.27. The van der Waals surface area contributed by atoms with E-state index in [0.717, 1.165) is 18.5 Å². The van der Waals surface area contributed by atoms with Crippen LogP contribution in [0, 0.1) is 0 Å². The zero-order valence-corrected chi connectivity index (χ0v) is 11.3. The molecule has 1 atom stereocenters. The minimum absolute atomic E-state index is 0.0143. The van der Waals surface area contributed by atoms with E-state index in [1.165, 1.54) is 0 Å². The maximum absolute atomic E-state index is 12.1. The van der Waals surface area contributed by atoms with Gasteiger partial charge in [0.1, 0.15) is 5.75 Å². The number of para-hydroxylation sites is 2. The number of anilines is 1. The lowest BCUT2D eigenvalue weighted by Crippen LogP contribution is -2.33. The second-order valence-electron chi connectivity index (χ2n) is 4.38. The molecule has 0 aliphatic carbocycles. The second-order valence-corrected chi connectivity index (χ2v) is 4.38. The summed E-state index contributed by atoms with van der Waals surface area (Å²) < 4.78 is 5.24. The van der Waals surface area contributed by atoms with Crippen molar-refractivity contribution in [1.29, 1.82) is 0 Å². The van der Waals surface area contributed by atoms with Crippen molar-refractivity contribution in [2.24, 2.45) is 5.73 Å². The van der Waals surface area contributed by atoms with Gasteiger partial charge in [0, 0.05) is 19.5 Å². The Morgan fingerprint density at radius 2 is 2.11 bits per heavy atom. The first kappa shape index (κ1) is 14.5. The Kier molecular flexibility index (Phi) is 5.65. The molecule has 0 saturated heterocycles. The molecule has 0 saturated carbocycles. The maximum atomic E-state index is 12.1. The highest BCUT2D eigenvalue weighted by molar-refractivity contribution is 5.94. The molecule has 1 rings (SSSR count). The Morgan fingerprint density at radius 1 is 1.44 bits per heavy atom. The van der Waals surface area contributed by atoms with Gasteiger partial charge in [-0.1, -0.05) is 25.5 Å². The summed E-state index contributed by atoms with van der Waals surface area (Å²) in [5, 5.41) is 0. The summed E-state index contributed by atoms with van der Waals surface area (Å²) in [5.41, 5.74) is 6.66. The van der Waals surface area contributed by atoms with Gasteiger partial charge in [-0.2, -0.15) is 0 Å². The number of amides is 1. The molecule has 1 amide bonds. The van der Waals surface area contributed by atoms with E-state index in [1.807, 2.05) is 24.3 Å². The Morgan fingerprint density at radius 3 is 2.72 bits per heavy atom. The molecular formula is C14H22N2O2. The van der Waals surface area contributed by atoms with Crippen LogP contribution in [-0.2, 0) is 4.79 Å². The number of carbonyl (C=O) groups excluding carboxylic acids is 1. The Labute approximate surface area is 109 Å². The monoisotopic (exact) mass is 250 g/mol. The van der Waals surface area contributed by atoms with Gasteiger partial charge in [0.15, 0.2) is 0 Å². The summed E-state index contributed by atoms with van der Waals surface area (Å²) in [6.07, 6.45) is 2.22. The molecule has 0 heterocycles. The van der Waals surface area contributed by atoms with E-state index < -0.39 is 0 Å². The van der Waals surface area contributed by atoms with Crippen LogP contribution >= 0.6 is 0 Å². The molecule has 1 aromatic rings. The van der Waals surface area contributed by atoms with Crippen LogP contribution in [0.4, 0.5) is 5.69 Å². The van der Waals surface area contributed by atoms with Crippen molar-refractivity contribution in [2.75, 3.05) is 19.1 Å². The van der Waals surface area contributed by atoms with E-state index in [9.17, 15) is 4.79 Å². The number of hydrogen-bond donors (Lipinski definition) is 1. The smallest absolute Gasteiger partial charge is 0.228 e. The third-order valence-electron chi connectivity index (χ3n) is 2.92. The van der Waals surface area contributed by atoms with E-state index >= 15 is 0 Å². The van der Waals surface area contributed by atoms with Crippen LogP contribution < -0.4 is 15.4 Å². The number of nitrogens with zero attached hydrogens (tertiary/aromatic N) is 1. The molecule has 0 aliphatic rings. The molecule has 100 valence electrons. The Balaban J connectivity index is 2.74. The van der Waals surface area contributed by atoms with Gasteiger partial charge in [-0.05, 0) is 18.6 Å². The summed E-state index contributed by atoms with van der Waals surface area (Å²) in [7, 11) is 3.35. The molecule has 0 aliphatic heterocycles. The number of carbonyl (C=O) groups is 1. The first-order chi connectivity index (χ1) is 8.60. The minimum Gasteiger partial charge on any atom is -0.495 e. The normalized spacial score (nSPS) is 12.0. The van der Waals surface area contributed by atoms with Crippen LogP contribution in [0.3, 0.4) is 0 Å². The molecule has 4 heteroatoms. The van der Waals surface area contributed by atoms with Crippen LogP contribution in [0.15, 0.2) is 24.3 Å². The van der Waals surface area contributed by atoms with Gasteiger partial charge in [0.25, 0.3) is 0 Å². The molecule has 18 heavy (non-hydrogen) atoms. The molecular weight excluding hydrogens is 228 g/mol. The zero-order chi connectivity index (χ0) is 13.5. The topological polar surface area (TPSA) is 55.6 Å². The lowest BCUT2D eigenvalue weighted by atomic mass is 10.1. The van der Waals surface area contributed by atoms with E-state index in [4.69, 9.17) is 10.5 Å². The fourth-order valence-electron chi connectivity index (χ4n) is 1.88. The maximum Gasteiger partial charge on any atom is 0.228 e. The van der Waals surface area contributed by atoms with Gasteiger partial charge in [0.2, 0.25) is 5.91 Å². The average Bonchev–Trinajstić information content (AvgIpc) is 2.38. The number of benzene rings is 1. The molecule has 0 aromatic heterocycles. The summed E-state index contributed by atoms with van der Waals surface area (Å²) in [6.45, 7) is 2.06. The van der Waals surface area contributed by atoms with Crippen molar-refractivity contribution in [3.05, 3.63) is 24.3 Å². The minimum atomic E-state index is -0.0698. The number of rotatable bonds is 6. The average molecular weight is 250 g/mol. The molecule has 1 unspecified atom stereocenters. The molecule has 0 radical (unpaired) electrons. The third-order valence-corrected chi connectivity index (χ3v) is 2.92. The largest absolute Gasteiger partial charge is 0.495 e. The van der Waals surface area contributed by atoms with Crippen molar-refractivity contribution < 1.29 is 9.53 Å². The molecule has 0 fully saturated rings. The standard InChI is InChI=1S/C14H22N2O2/c1-4-7-11(15)10-14(17)16(2)12-8-5-6-9-13(12)18-3/h5-6,8-9,11H,4,7,10,15H2,1-3H3. The zero-order valence-electron chi connectivity index (χ0n) is 11.3. The van der Waals surface area contributed by atoms with Crippen molar-refractivity contribution >= 4 is 11.6 Å². The van der Waals surface area contributed by atoms with Gasteiger partial charge in [-0.25, -0.2) is 0 Å². The van der Waals surface area contributed by atoms with Gasteiger partial charge < -0.3 is 15.4 Å². The van der Waals surface area contributed by atoms with Crippen molar-refractivity contribution in [2.45, 2.75) is 32.2 Å². The number of hydrogen-bond acceptors (Lipinski definition) is 3. The third kappa shape index (κ3) is 3.74. The number of methoxy groups -OCH3 is 1.